The van der Waals surface area contributed by atoms with Crippen LogP contribution in [0.4, 0.5) is 0 Å². The summed E-state index contributed by atoms with van der Waals surface area (Å²) < 4.78 is 0. The molecule has 0 unspecified atom stereocenters. The number of aromatic nitrogens is 1. The van der Waals surface area contributed by atoms with Crippen LogP contribution in [-0.4, -0.2) is 55.0 Å². The van der Waals surface area contributed by atoms with Crippen molar-refractivity contribution in [1.29, 1.82) is 0 Å². The minimum atomic E-state index is -0.00815. The number of rotatable bonds is 9. The summed E-state index contributed by atoms with van der Waals surface area (Å²) in [5, 5.41) is 6.46. The zero-order chi connectivity index (χ0) is 19.3. The molecule has 0 radical (unpaired) electrons. The third-order valence-electron chi connectivity index (χ3n) is 4.12. The molecule has 0 bridgehead atoms. The minimum Gasteiger partial charge on any atom is -0.357 e. The third-order valence-corrected chi connectivity index (χ3v) is 4.12. The van der Waals surface area contributed by atoms with Crippen molar-refractivity contribution in [3.05, 3.63) is 66.0 Å². The summed E-state index contributed by atoms with van der Waals surface area (Å²) >= 11 is 0. The zero-order valence-electron chi connectivity index (χ0n) is 16.6. The lowest BCUT2D eigenvalue weighted by Crippen LogP contribution is -2.39. The maximum atomic E-state index is 12.3. The molecule has 0 saturated carbocycles. The molecule has 0 fully saturated rings. The smallest absolute Gasteiger partial charge is 0.244 e. The fraction of sp³-hybridized carbons (Fsp3) is 0.381. The van der Waals surface area contributed by atoms with Crippen LogP contribution in [0.5, 0.6) is 0 Å². The van der Waals surface area contributed by atoms with E-state index in [2.05, 4.69) is 32.7 Å². The fourth-order valence-corrected chi connectivity index (χ4v) is 2.53. The molecule has 0 aliphatic carbocycles. The van der Waals surface area contributed by atoms with E-state index >= 15 is 0 Å². The number of benzene rings is 1. The summed E-state index contributed by atoms with van der Waals surface area (Å²) in [6.45, 7) is 4.28. The van der Waals surface area contributed by atoms with E-state index in [1.54, 1.807) is 18.1 Å². The minimum absolute atomic E-state index is 0. The average Bonchev–Trinajstić information content (AvgIpc) is 2.71. The molecular formula is C21H30IN5O. The number of amides is 1. The second kappa shape index (κ2) is 13.9. The number of carbonyl (C=O) groups is 1. The molecule has 2 N–H and O–H groups in total. The molecule has 0 aliphatic rings. The number of guanidine groups is 1. The molecule has 0 spiro atoms. The Morgan fingerprint density at radius 2 is 1.82 bits per heavy atom. The molecule has 1 aromatic carbocycles. The van der Waals surface area contributed by atoms with Gasteiger partial charge in [0.05, 0.1) is 0 Å². The highest BCUT2D eigenvalue weighted by Gasteiger charge is 2.09. The molecule has 2 aromatic rings. The molecule has 1 amide bonds. The van der Waals surface area contributed by atoms with Crippen LogP contribution in [0.25, 0.3) is 0 Å². The van der Waals surface area contributed by atoms with Crippen LogP contribution in [0, 0.1) is 0 Å². The molecule has 1 heterocycles. The van der Waals surface area contributed by atoms with Crippen LogP contribution in [0.15, 0.2) is 59.7 Å². The normalized spacial score (nSPS) is 10.7. The summed E-state index contributed by atoms with van der Waals surface area (Å²) in [6.07, 6.45) is 3.41. The Morgan fingerprint density at radius 3 is 2.50 bits per heavy atom. The van der Waals surface area contributed by atoms with Gasteiger partial charge in [-0.25, -0.2) is 4.99 Å². The standard InChI is InChI=1S/C21H29N5O.HI/c1-3-22-21(24-15-12-18-9-5-4-6-10-18)25-17-20(27)26(2)16-13-19-11-7-8-14-23-19;/h4-11,14H,3,12-13,15-17H2,1-2H3,(H2,22,24,25);1H. The van der Waals surface area contributed by atoms with Gasteiger partial charge in [-0.2, -0.15) is 0 Å². The summed E-state index contributed by atoms with van der Waals surface area (Å²) in [5.41, 5.74) is 2.25. The van der Waals surface area contributed by atoms with Crippen molar-refractivity contribution in [2.45, 2.75) is 19.8 Å². The van der Waals surface area contributed by atoms with Gasteiger partial charge in [0.1, 0.15) is 6.54 Å². The van der Waals surface area contributed by atoms with Crippen molar-refractivity contribution in [3.63, 3.8) is 0 Å². The molecular weight excluding hydrogens is 465 g/mol. The molecule has 0 atom stereocenters. The predicted molar refractivity (Wildman–Crippen MR) is 125 cm³/mol. The first-order valence-electron chi connectivity index (χ1n) is 9.39. The Balaban J connectivity index is 0.00000392. The highest BCUT2D eigenvalue weighted by atomic mass is 127. The summed E-state index contributed by atoms with van der Waals surface area (Å²) in [7, 11) is 1.80. The Hall–Kier alpha value is -2.16. The lowest BCUT2D eigenvalue weighted by Gasteiger charge is -2.16. The van der Waals surface area contributed by atoms with Crippen molar-refractivity contribution < 1.29 is 4.79 Å². The summed E-state index contributed by atoms with van der Waals surface area (Å²) in [6, 6.07) is 16.1. The van der Waals surface area contributed by atoms with Crippen LogP contribution < -0.4 is 10.6 Å². The van der Waals surface area contributed by atoms with E-state index in [0.29, 0.717) is 12.5 Å². The van der Waals surface area contributed by atoms with E-state index in [1.807, 2.05) is 43.3 Å². The first kappa shape index (κ1) is 23.9. The zero-order valence-corrected chi connectivity index (χ0v) is 18.9. The van der Waals surface area contributed by atoms with Crippen LogP contribution in [0.3, 0.4) is 0 Å². The van der Waals surface area contributed by atoms with Gasteiger partial charge in [0.15, 0.2) is 5.96 Å². The van der Waals surface area contributed by atoms with E-state index < -0.39 is 0 Å². The number of hydrogen-bond acceptors (Lipinski definition) is 3. The largest absolute Gasteiger partial charge is 0.357 e. The SMILES string of the molecule is CCNC(=NCC(=O)N(C)CCc1ccccn1)NCCc1ccccc1.I. The van der Waals surface area contributed by atoms with Crippen molar-refractivity contribution in [2.75, 3.05) is 33.2 Å². The Morgan fingerprint density at radius 1 is 1.07 bits per heavy atom. The number of halogens is 1. The van der Waals surface area contributed by atoms with Gasteiger partial charge in [0.25, 0.3) is 0 Å². The summed E-state index contributed by atoms with van der Waals surface area (Å²) in [4.78, 5) is 22.7. The average molecular weight is 495 g/mol. The van der Waals surface area contributed by atoms with E-state index in [-0.39, 0.29) is 36.4 Å². The van der Waals surface area contributed by atoms with Crippen LogP contribution in [0.2, 0.25) is 0 Å². The molecule has 2 rings (SSSR count). The number of pyridine rings is 1. The Kier molecular flexibility index (Phi) is 11.9. The van der Waals surface area contributed by atoms with Crippen molar-refractivity contribution >= 4 is 35.8 Å². The van der Waals surface area contributed by atoms with Crippen LogP contribution >= 0.6 is 24.0 Å². The maximum absolute atomic E-state index is 12.3. The van der Waals surface area contributed by atoms with Crippen LogP contribution in [-0.2, 0) is 17.6 Å². The van der Waals surface area contributed by atoms with Gasteiger partial charge in [-0.3, -0.25) is 9.78 Å². The van der Waals surface area contributed by atoms with E-state index in [0.717, 1.165) is 31.6 Å². The highest BCUT2D eigenvalue weighted by molar-refractivity contribution is 14.0. The lowest BCUT2D eigenvalue weighted by molar-refractivity contribution is -0.128. The summed E-state index contributed by atoms with van der Waals surface area (Å²) in [5.74, 6) is 0.658. The second-order valence-corrected chi connectivity index (χ2v) is 6.24. The van der Waals surface area contributed by atoms with Crippen molar-refractivity contribution in [2.24, 2.45) is 4.99 Å². The van der Waals surface area contributed by atoms with Gasteiger partial charge in [-0.1, -0.05) is 36.4 Å². The maximum Gasteiger partial charge on any atom is 0.244 e. The molecule has 6 nitrogen and oxygen atoms in total. The third kappa shape index (κ3) is 9.16. The quantitative estimate of drug-likeness (QED) is 0.319. The Bertz CT molecular complexity index is 709. The van der Waals surface area contributed by atoms with E-state index in [9.17, 15) is 4.79 Å². The molecule has 0 aliphatic heterocycles. The number of nitrogens with zero attached hydrogens (tertiary/aromatic N) is 3. The fourth-order valence-electron chi connectivity index (χ4n) is 2.53. The van der Waals surface area contributed by atoms with Gasteiger partial charge in [0, 0.05) is 45.0 Å². The topological polar surface area (TPSA) is 69.6 Å². The molecule has 152 valence electrons. The second-order valence-electron chi connectivity index (χ2n) is 6.24. The van der Waals surface area contributed by atoms with Gasteiger partial charge >= 0.3 is 0 Å². The number of carbonyl (C=O) groups excluding carboxylic acids is 1. The first-order chi connectivity index (χ1) is 13.2. The van der Waals surface area contributed by atoms with E-state index in [4.69, 9.17) is 0 Å². The molecule has 28 heavy (non-hydrogen) atoms. The number of nitrogens with one attached hydrogen (secondary N) is 2. The van der Waals surface area contributed by atoms with Crippen molar-refractivity contribution in [3.8, 4) is 0 Å². The van der Waals surface area contributed by atoms with Crippen LogP contribution in [0.1, 0.15) is 18.2 Å². The highest BCUT2D eigenvalue weighted by Crippen LogP contribution is 1.99. The van der Waals surface area contributed by atoms with Crippen molar-refractivity contribution in [1.82, 2.24) is 20.5 Å². The molecule has 7 heteroatoms. The van der Waals surface area contributed by atoms with E-state index in [1.165, 1.54) is 5.56 Å². The first-order valence-corrected chi connectivity index (χ1v) is 9.39. The number of aliphatic imine (C=N–C) groups is 1. The molecule has 0 saturated heterocycles. The number of hydrogen-bond donors (Lipinski definition) is 2. The number of likely N-dealkylation sites (N-methyl/N-ethyl adjacent to an activating group) is 1. The van der Waals surface area contributed by atoms with Gasteiger partial charge in [0.2, 0.25) is 5.91 Å². The molecule has 1 aromatic heterocycles. The monoisotopic (exact) mass is 495 g/mol. The van der Waals surface area contributed by atoms with Gasteiger partial charge in [-0.05, 0) is 31.0 Å². The van der Waals surface area contributed by atoms with Gasteiger partial charge in [-0.15, -0.1) is 24.0 Å². The lowest BCUT2D eigenvalue weighted by atomic mass is 10.1. The van der Waals surface area contributed by atoms with Gasteiger partial charge < -0.3 is 15.5 Å². The Labute approximate surface area is 184 Å². The predicted octanol–water partition coefficient (Wildman–Crippen LogP) is 2.50.